The van der Waals surface area contributed by atoms with Crippen molar-refractivity contribution < 1.29 is 13.2 Å². The predicted molar refractivity (Wildman–Crippen MR) is 79.6 cm³/mol. The van der Waals surface area contributed by atoms with Gasteiger partial charge in [-0.2, -0.15) is 0 Å². The second kappa shape index (κ2) is 5.90. The zero-order chi connectivity index (χ0) is 15.5. The Kier molecular flexibility index (Phi) is 4.20. The quantitative estimate of drug-likeness (QED) is 0.780. The zero-order valence-corrected chi connectivity index (χ0v) is 12.0. The Morgan fingerprint density at radius 2 is 2.00 bits per heavy atom. The predicted octanol–water partition coefficient (Wildman–Crippen LogP) is 1.02. The lowest BCUT2D eigenvalue weighted by molar-refractivity contribution is 0.102. The Labute approximate surface area is 122 Å². The first-order chi connectivity index (χ1) is 9.90. The van der Waals surface area contributed by atoms with E-state index in [2.05, 4.69) is 15.6 Å². The molecule has 2 aromatic rings. The van der Waals surface area contributed by atoms with Crippen molar-refractivity contribution in [2.24, 2.45) is 5.14 Å². The molecule has 0 saturated heterocycles. The molecule has 0 fully saturated rings. The van der Waals surface area contributed by atoms with E-state index < -0.39 is 15.9 Å². The summed E-state index contributed by atoms with van der Waals surface area (Å²) in [5.74, 6) is 0.250. The molecular formula is C13H14N4O3S. The first kappa shape index (κ1) is 14.9. The number of anilines is 2. The molecule has 0 atom stereocenters. The monoisotopic (exact) mass is 306 g/mol. The van der Waals surface area contributed by atoms with Crippen molar-refractivity contribution in [3.8, 4) is 0 Å². The first-order valence-electron chi connectivity index (χ1n) is 5.98. The summed E-state index contributed by atoms with van der Waals surface area (Å²) in [7, 11) is -2.08. The molecule has 1 heterocycles. The van der Waals surface area contributed by atoms with E-state index in [1.54, 1.807) is 25.2 Å². The average molecular weight is 306 g/mol. The lowest BCUT2D eigenvalue weighted by Gasteiger charge is -2.07. The second-order valence-corrected chi connectivity index (χ2v) is 5.77. The number of nitrogens with one attached hydrogen (secondary N) is 2. The number of primary sulfonamides is 1. The van der Waals surface area contributed by atoms with Crippen LogP contribution in [-0.4, -0.2) is 26.4 Å². The topological polar surface area (TPSA) is 114 Å². The molecule has 110 valence electrons. The number of nitrogens with two attached hydrogens (primary N) is 1. The normalized spacial score (nSPS) is 11.0. The average Bonchev–Trinajstić information content (AvgIpc) is 2.47. The molecular weight excluding hydrogens is 292 g/mol. The molecule has 0 saturated carbocycles. The molecule has 2 rings (SSSR count). The van der Waals surface area contributed by atoms with Crippen LogP contribution in [0, 0.1) is 0 Å². The van der Waals surface area contributed by atoms with Crippen LogP contribution in [0.3, 0.4) is 0 Å². The van der Waals surface area contributed by atoms with Crippen LogP contribution >= 0.6 is 0 Å². The number of carbonyl (C=O) groups is 1. The minimum Gasteiger partial charge on any atom is -0.373 e. The molecule has 1 aromatic carbocycles. The summed E-state index contributed by atoms with van der Waals surface area (Å²) in [5.41, 5.74) is 0.694. The maximum absolute atomic E-state index is 12.0. The van der Waals surface area contributed by atoms with Crippen LogP contribution in [0.1, 0.15) is 10.4 Å². The number of pyridine rings is 1. The summed E-state index contributed by atoms with van der Waals surface area (Å²) in [6, 6.07) is 8.99. The molecule has 0 aliphatic carbocycles. The van der Waals surface area contributed by atoms with Crippen molar-refractivity contribution in [2.45, 2.75) is 4.90 Å². The van der Waals surface area contributed by atoms with Crippen LogP contribution in [0.5, 0.6) is 0 Å². The van der Waals surface area contributed by atoms with Gasteiger partial charge >= 0.3 is 0 Å². The minimum atomic E-state index is -3.81. The number of amides is 1. The fraction of sp³-hybridized carbons (Fsp3) is 0.0769. The highest BCUT2D eigenvalue weighted by atomic mass is 32.2. The maximum Gasteiger partial charge on any atom is 0.257 e. The lowest BCUT2D eigenvalue weighted by Crippen LogP contribution is -2.15. The van der Waals surface area contributed by atoms with Gasteiger partial charge in [0.15, 0.2) is 0 Å². The smallest absolute Gasteiger partial charge is 0.257 e. The third-order valence-corrected chi connectivity index (χ3v) is 3.61. The molecule has 0 bridgehead atoms. The van der Waals surface area contributed by atoms with Crippen molar-refractivity contribution >= 4 is 27.4 Å². The molecule has 0 unspecified atom stereocenters. The van der Waals surface area contributed by atoms with E-state index in [4.69, 9.17) is 5.14 Å². The molecule has 8 heteroatoms. The molecule has 1 aromatic heterocycles. The highest BCUT2D eigenvalue weighted by Gasteiger charge is 2.10. The summed E-state index contributed by atoms with van der Waals surface area (Å²) >= 11 is 0. The van der Waals surface area contributed by atoms with Gasteiger partial charge in [0, 0.05) is 18.9 Å². The Balaban J connectivity index is 2.19. The number of rotatable bonds is 4. The number of aromatic nitrogens is 1. The Bertz CT molecular complexity index is 757. The summed E-state index contributed by atoms with van der Waals surface area (Å²) in [4.78, 5) is 16.0. The molecule has 0 radical (unpaired) electrons. The van der Waals surface area contributed by atoms with Gasteiger partial charge < -0.3 is 10.6 Å². The number of hydrogen-bond donors (Lipinski definition) is 3. The minimum absolute atomic E-state index is 0.0658. The Morgan fingerprint density at radius 1 is 1.24 bits per heavy atom. The van der Waals surface area contributed by atoms with Crippen molar-refractivity contribution in [3.63, 3.8) is 0 Å². The van der Waals surface area contributed by atoms with Gasteiger partial charge in [0.2, 0.25) is 10.0 Å². The van der Waals surface area contributed by atoms with Gasteiger partial charge in [0.1, 0.15) is 5.82 Å². The van der Waals surface area contributed by atoms with Crippen molar-refractivity contribution in [1.82, 2.24) is 4.98 Å². The van der Waals surface area contributed by atoms with Crippen LogP contribution < -0.4 is 15.8 Å². The molecule has 0 aliphatic rings. The highest BCUT2D eigenvalue weighted by molar-refractivity contribution is 7.89. The molecule has 0 aliphatic heterocycles. The SMILES string of the molecule is CNc1ccc(C(=O)Nc2cccc(S(N)(=O)=O)c2)cn1. The standard InChI is InChI=1S/C13H14N4O3S/c1-15-12-6-5-9(8-16-12)13(18)17-10-3-2-4-11(7-10)21(14,19)20/h2-8H,1H3,(H,15,16)(H,17,18)(H2,14,19,20). The van der Waals surface area contributed by atoms with E-state index in [1.807, 2.05) is 0 Å². The van der Waals surface area contributed by atoms with Crippen molar-refractivity contribution in [1.29, 1.82) is 0 Å². The fourth-order valence-electron chi connectivity index (χ4n) is 1.63. The van der Waals surface area contributed by atoms with Gasteiger partial charge in [-0.05, 0) is 30.3 Å². The molecule has 7 nitrogen and oxygen atoms in total. The Morgan fingerprint density at radius 3 is 2.57 bits per heavy atom. The van der Waals surface area contributed by atoms with Gasteiger partial charge in [-0.3, -0.25) is 4.79 Å². The van der Waals surface area contributed by atoms with Crippen LogP contribution in [0.25, 0.3) is 0 Å². The van der Waals surface area contributed by atoms with Crippen LogP contribution in [0.2, 0.25) is 0 Å². The summed E-state index contributed by atoms with van der Waals surface area (Å²) in [6.45, 7) is 0. The molecule has 21 heavy (non-hydrogen) atoms. The number of nitrogens with zero attached hydrogens (tertiary/aromatic N) is 1. The number of hydrogen-bond acceptors (Lipinski definition) is 5. The van der Waals surface area contributed by atoms with E-state index >= 15 is 0 Å². The van der Waals surface area contributed by atoms with Crippen molar-refractivity contribution in [3.05, 3.63) is 48.2 Å². The summed E-state index contributed by atoms with van der Waals surface area (Å²) in [5, 5.41) is 10.5. The van der Waals surface area contributed by atoms with Gasteiger partial charge in [-0.1, -0.05) is 6.07 Å². The summed E-state index contributed by atoms with van der Waals surface area (Å²) < 4.78 is 22.5. The molecule has 0 spiro atoms. The third-order valence-electron chi connectivity index (χ3n) is 2.70. The number of sulfonamides is 1. The third kappa shape index (κ3) is 3.77. The van der Waals surface area contributed by atoms with E-state index in [0.29, 0.717) is 17.1 Å². The first-order valence-corrected chi connectivity index (χ1v) is 7.53. The highest BCUT2D eigenvalue weighted by Crippen LogP contribution is 2.15. The zero-order valence-electron chi connectivity index (χ0n) is 11.2. The number of carbonyl (C=O) groups excluding carboxylic acids is 1. The van der Waals surface area contributed by atoms with Gasteiger partial charge in [-0.15, -0.1) is 0 Å². The van der Waals surface area contributed by atoms with Crippen LogP contribution in [0.15, 0.2) is 47.5 Å². The van der Waals surface area contributed by atoms with Gasteiger partial charge in [-0.25, -0.2) is 18.5 Å². The second-order valence-electron chi connectivity index (χ2n) is 4.21. The van der Waals surface area contributed by atoms with E-state index in [0.717, 1.165) is 0 Å². The fourth-order valence-corrected chi connectivity index (χ4v) is 2.19. The van der Waals surface area contributed by atoms with Crippen molar-refractivity contribution in [2.75, 3.05) is 17.7 Å². The Hall–Kier alpha value is -2.45. The summed E-state index contributed by atoms with van der Waals surface area (Å²) in [6.07, 6.45) is 1.42. The van der Waals surface area contributed by atoms with Gasteiger partial charge in [0.25, 0.3) is 5.91 Å². The van der Waals surface area contributed by atoms with E-state index in [9.17, 15) is 13.2 Å². The molecule has 1 amide bonds. The van der Waals surface area contributed by atoms with Crippen LogP contribution in [0.4, 0.5) is 11.5 Å². The van der Waals surface area contributed by atoms with Gasteiger partial charge in [0.05, 0.1) is 10.5 Å². The molecule has 4 N–H and O–H groups in total. The number of benzene rings is 1. The van der Waals surface area contributed by atoms with E-state index in [-0.39, 0.29) is 4.90 Å². The maximum atomic E-state index is 12.0. The van der Waals surface area contributed by atoms with E-state index in [1.165, 1.54) is 24.4 Å². The lowest BCUT2D eigenvalue weighted by atomic mass is 10.2. The largest absolute Gasteiger partial charge is 0.373 e. The van der Waals surface area contributed by atoms with Crippen LogP contribution in [-0.2, 0) is 10.0 Å².